The van der Waals surface area contributed by atoms with Crippen LogP contribution in [0.25, 0.3) is 11.3 Å². The molecular weight excluding hydrogens is 383 g/mol. The molecule has 1 aliphatic rings. The molecule has 0 unspecified atom stereocenters. The van der Waals surface area contributed by atoms with Crippen molar-refractivity contribution in [3.05, 3.63) is 77.7 Å². The average Bonchev–Trinajstić information content (AvgIpc) is 3.24. The van der Waals surface area contributed by atoms with Gasteiger partial charge in [0.15, 0.2) is 5.76 Å². The molecule has 4 rings (SSSR count). The molecule has 1 saturated heterocycles. The summed E-state index contributed by atoms with van der Waals surface area (Å²) in [6.07, 6.45) is 3.11. The SMILES string of the molecule is O=C(COCc1cc(-c2ccc(F)cc2)on1)N1CCC(Cc2ccccc2)CC1. The largest absolute Gasteiger partial charge is 0.365 e. The monoisotopic (exact) mass is 408 g/mol. The molecule has 0 radical (unpaired) electrons. The third-order valence-corrected chi connectivity index (χ3v) is 5.50. The van der Waals surface area contributed by atoms with E-state index in [4.69, 9.17) is 9.26 Å². The van der Waals surface area contributed by atoms with Crippen molar-refractivity contribution in [2.24, 2.45) is 5.92 Å². The summed E-state index contributed by atoms with van der Waals surface area (Å²) in [4.78, 5) is 14.3. The summed E-state index contributed by atoms with van der Waals surface area (Å²) in [7, 11) is 0. The highest BCUT2D eigenvalue weighted by molar-refractivity contribution is 5.77. The van der Waals surface area contributed by atoms with Gasteiger partial charge in [-0.15, -0.1) is 0 Å². The number of hydrogen-bond acceptors (Lipinski definition) is 4. The summed E-state index contributed by atoms with van der Waals surface area (Å²) in [5.41, 5.74) is 2.70. The number of benzene rings is 2. The molecule has 0 N–H and O–H groups in total. The van der Waals surface area contributed by atoms with Crippen LogP contribution in [-0.4, -0.2) is 35.7 Å². The van der Waals surface area contributed by atoms with Crippen molar-refractivity contribution >= 4 is 5.91 Å². The molecule has 30 heavy (non-hydrogen) atoms. The first-order valence-electron chi connectivity index (χ1n) is 10.3. The maximum absolute atomic E-state index is 13.0. The summed E-state index contributed by atoms with van der Waals surface area (Å²) in [6, 6.07) is 18.3. The first-order valence-corrected chi connectivity index (χ1v) is 10.3. The van der Waals surface area contributed by atoms with Crippen molar-refractivity contribution in [2.45, 2.75) is 25.9 Å². The van der Waals surface area contributed by atoms with Crippen LogP contribution in [0, 0.1) is 11.7 Å². The second-order valence-electron chi connectivity index (χ2n) is 7.70. The van der Waals surface area contributed by atoms with Crippen LogP contribution < -0.4 is 0 Å². The van der Waals surface area contributed by atoms with Crippen LogP contribution in [0.3, 0.4) is 0 Å². The first kappa shape index (κ1) is 20.3. The number of aromatic nitrogens is 1. The Morgan fingerprint density at radius 3 is 2.57 bits per heavy atom. The molecule has 0 atom stereocenters. The molecule has 0 saturated carbocycles. The number of halogens is 1. The van der Waals surface area contributed by atoms with Gasteiger partial charge in [-0.3, -0.25) is 4.79 Å². The lowest BCUT2D eigenvalue weighted by Crippen LogP contribution is -2.40. The maximum atomic E-state index is 13.0. The highest BCUT2D eigenvalue weighted by atomic mass is 19.1. The fourth-order valence-corrected chi connectivity index (χ4v) is 3.80. The number of ether oxygens (including phenoxy) is 1. The van der Waals surface area contributed by atoms with Gasteiger partial charge in [-0.1, -0.05) is 35.5 Å². The standard InChI is InChI=1S/C24H25FN2O3/c25-21-8-6-20(7-9-21)23-15-22(26-30-23)16-29-17-24(28)27-12-10-19(11-13-27)14-18-4-2-1-3-5-18/h1-9,15,19H,10-14,16-17H2. The lowest BCUT2D eigenvalue weighted by molar-refractivity contribution is -0.138. The van der Waals surface area contributed by atoms with E-state index < -0.39 is 0 Å². The number of amides is 1. The third kappa shape index (κ3) is 5.33. The molecule has 2 aromatic carbocycles. The van der Waals surface area contributed by atoms with Gasteiger partial charge in [0.1, 0.15) is 18.1 Å². The minimum absolute atomic E-state index is 0.00964. The van der Waals surface area contributed by atoms with E-state index in [0.717, 1.165) is 37.9 Å². The molecule has 2 heterocycles. The molecule has 0 aliphatic carbocycles. The van der Waals surface area contributed by atoms with E-state index in [0.29, 0.717) is 17.4 Å². The summed E-state index contributed by atoms with van der Waals surface area (Å²) < 4.78 is 23.8. The Hall–Kier alpha value is -2.99. The molecule has 6 heteroatoms. The number of carbonyl (C=O) groups excluding carboxylic acids is 1. The minimum Gasteiger partial charge on any atom is -0.365 e. The van der Waals surface area contributed by atoms with Gasteiger partial charge < -0.3 is 14.2 Å². The fraction of sp³-hybridized carbons (Fsp3) is 0.333. The second kappa shape index (κ2) is 9.67. The third-order valence-electron chi connectivity index (χ3n) is 5.50. The molecule has 0 spiro atoms. The smallest absolute Gasteiger partial charge is 0.248 e. The zero-order valence-corrected chi connectivity index (χ0v) is 16.8. The van der Waals surface area contributed by atoms with Gasteiger partial charge in [-0.2, -0.15) is 0 Å². The van der Waals surface area contributed by atoms with Gasteiger partial charge in [0.2, 0.25) is 5.91 Å². The minimum atomic E-state index is -0.301. The van der Waals surface area contributed by atoms with Crippen LogP contribution in [0.1, 0.15) is 24.1 Å². The molecule has 156 valence electrons. The average molecular weight is 408 g/mol. The zero-order valence-electron chi connectivity index (χ0n) is 16.8. The molecule has 1 aliphatic heterocycles. The molecule has 3 aromatic rings. The number of likely N-dealkylation sites (tertiary alicyclic amines) is 1. The van der Waals surface area contributed by atoms with Crippen molar-refractivity contribution in [1.29, 1.82) is 0 Å². The van der Waals surface area contributed by atoms with Crippen molar-refractivity contribution in [3.8, 4) is 11.3 Å². The van der Waals surface area contributed by atoms with E-state index in [1.165, 1.54) is 17.7 Å². The second-order valence-corrected chi connectivity index (χ2v) is 7.70. The van der Waals surface area contributed by atoms with Gasteiger partial charge in [0.25, 0.3) is 0 Å². The Labute approximate surface area is 175 Å². The summed E-state index contributed by atoms with van der Waals surface area (Å²) >= 11 is 0. The topological polar surface area (TPSA) is 55.6 Å². The predicted octanol–water partition coefficient (Wildman–Crippen LogP) is 4.48. The molecule has 1 aromatic heterocycles. The van der Waals surface area contributed by atoms with Crippen molar-refractivity contribution in [2.75, 3.05) is 19.7 Å². The highest BCUT2D eigenvalue weighted by Gasteiger charge is 2.23. The van der Waals surface area contributed by atoms with Crippen molar-refractivity contribution in [3.63, 3.8) is 0 Å². The lowest BCUT2D eigenvalue weighted by atomic mass is 9.90. The Balaban J connectivity index is 1.19. The Bertz CT molecular complexity index is 948. The number of rotatable bonds is 7. The van der Waals surface area contributed by atoms with E-state index in [9.17, 15) is 9.18 Å². The molecule has 1 fully saturated rings. The quantitative estimate of drug-likeness (QED) is 0.579. The maximum Gasteiger partial charge on any atom is 0.248 e. The van der Waals surface area contributed by atoms with Gasteiger partial charge in [0.05, 0.1) is 6.61 Å². The molecular formula is C24H25FN2O3. The number of carbonyl (C=O) groups is 1. The Morgan fingerprint density at radius 1 is 1.10 bits per heavy atom. The van der Waals surface area contributed by atoms with E-state index >= 15 is 0 Å². The predicted molar refractivity (Wildman–Crippen MR) is 111 cm³/mol. The van der Waals surface area contributed by atoms with Crippen LogP contribution in [0.4, 0.5) is 4.39 Å². The van der Waals surface area contributed by atoms with Gasteiger partial charge >= 0.3 is 0 Å². The summed E-state index contributed by atoms with van der Waals surface area (Å²) in [5, 5.41) is 3.96. The van der Waals surface area contributed by atoms with E-state index in [1.807, 2.05) is 11.0 Å². The van der Waals surface area contributed by atoms with Crippen LogP contribution in [0.5, 0.6) is 0 Å². The van der Waals surface area contributed by atoms with Crippen molar-refractivity contribution in [1.82, 2.24) is 10.1 Å². The fourth-order valence-electron chi connectivity index (χ4n) is 3.80. The molecule has 5 nitrogen and oxygen atoms in total. The van der Waals surface area contributed by atoms with E-state index in [-0.39, 0.29) is 24.9 Å². The van der Waals surface area contributed by atoms with E-state index in [2.05, 4.69) is 29.4 Å². The van der Waals surface area contributed by atoms with Crippen molar-refractivity contribution < 1.29 is 18.4 Å². The van der Waals surface area contributed by atoms with Gasteiger partial charge in [-0.25, -0.2) is 4.39 Å². The summed E-state index contributed by atoms with van der Waals surface area (Å²) in [6.45, 7) is 1.78. The van der Waals surface area contributed by atoms with Crippen LogP contribution in [-0.2, 0) is 22.6 Å². The first-order chi connectivity index (χ1) is 14.7. The van der Waals surface area contributed by atoms with Gasteiger partial charge in [-0.05, 0) is 55.0 Å². The molecule has 0 bridgehead atoms. The van der Waals surface area contributed by atoms with Crippen LogP contribution in [0.15, 0.2) is 65.2 Å². The lowest BCUT2D eigenvalue weighted by Gasteiger charge is -2.32. The van der Waals surface area contributed by atoms with E-state index in [1.54, 1.807) is 18.2 Å². The Kier molecular flexibility index (Phi) is 6.54. The number of nitrogens with zero attached hydrogens (tertiary/aromatic N) is 2. The van der Waals surface area contributed by atoms with Crippen LogP contribution in [0.2, 0.25) is 0 Å². The Morgan fingerprint density at radius 2 is 1.83 bits per heavy atom. The summed E-state index contributed by atoms with van der Waals surface area (Å²) in [5.74, 6) is 0.873. The van der Waals surface area contributed by atoms with Crippen LogP contribution >= 0.6 is 0 Å². The number of hydrogen-bond donors (Lipinski definition) is 0. The normalized spacial score (nSPS) is 14.8. The van der Waals surface area contributed by atoms with Gasteiger partial charge in [0, 0.05) is 24.7 Å². The number of piperidine rings is 1. The zero-order chi connectivity index (χ0) is 20.8. The highest BCUT2D eigenvalue weighted by Crippen LogP contribution is 2.22. The molecule has 1 amide bonds.